The van der Waals surface area contributed by atoms with Crippen LogP contribution in [-0.4, -0.2) is 79.4 Å². The second-order valence-corrected chi connectivity index (χ2v) is 12.4. The van der Waals surface area contributed by atoms with Crippen molar-refractivity contribution in [2.24, 2.45) is 16.7 Å². The van der Waals surface area contributed by atoms with E-state index in [1.165, 1.54) is 5.56 Å². The van der Waals surface area contributed by atoms with E-state index in [2.05, 4.69) is 26.1 Å². The topological polar surface area (TPSA) is 73.0 Å². The van der Waals surface area contributed by atoms with Crippen LogP contribution in [0.15, 0.2) is 30.3 Å². The molecule has 2 atom stereocenters. The van der Waals surface area contributed by atoms with Gasteiger partial charge in [-0.3, -0.25) is 9.59 Å². The molecule has 1 aromatic rings. The maximum absolute atomic E-state index is 13.1. The zero-order chi connectivity index (χ0) is 28.3. The molecular formula is C31H52N4O3. The van der Waals surface area contributed by atoms with E-state index in [0.29, 0.717) is 51.5 Å². The molecule has 0 aromatic heterocycles. The third-order valence-corrected chi connectivity index (χ3v) is 8.02. The highest BCUT2D eigenvalue weighted by atomic mass is 16.2. The van der Waals surface area contributed by atoms with Crippen LogP contribution in [0.2, 0.25) is 0 Å². The van der Waals surface area contributed by atoms with Gasteiger partial charge in [-0.1, -0.05) is 51.1 Å². The molecule has 1 aromatic carbocycles. The summed E-state index contributed by atoms with van der Waals surface area (Å²) in [6.45, 7) is 14.1. The van der Waals surface area contributed by atoms with Crippen LogP contribution >= 0.6 is 0 Å². The van der Waals surface area contributed by atoms with Crippen LogP contribution < -0.4 is 5.32 Å². The van der Waals surface area contributed by atoms with E-state index in [1.807, 2.05) is 68.1 Å². The summed E-state index contributed by atoms with van der Waals surface area (Å²) in [5.74, 6) is 0.603. The van der Waals surface area contributed by atoms with Crippen molar-refractivity contribution >= 4 is 17.8 Å². The quantitative estimate of drug-likeness (QED) is 0.382. The van der Waals surface area contributed by atoms with E-state index in [9.17, 15) is 14.4 Å². The van der Waals surface area contributed by atoms with Gasteiger partial charge in [0, 0.05) is 59.7 Å². The number of rotatable bonds is 13. The summed E-state index contributed by atoms with van der Waals surface area (Å²) in [6.07, 6.45) is 5.53. The third-order valence-electron chi connectivity index (χ3n) is 8.02. The van der Waals surface area contributed by atoms with Crippen molar-refractivity contribution in [2.45, 2.75) is 79.6 Å². The minimum atomic E-state index is -0.0308. The first-order valence-electron chi connectivity index (χ1n) is 14.4. The monoisotopic (exact) mass is 528 g/mol. The molecule has 1 aliphatic carbocycles. The molecule has 0 saturated heterocycles. The molecule has 2 unspecified atom stereocenters. The van der Waals surface area contributed by atoms with Crippen molar-refractivity contribution in [3.63, 3.8) is 0 Å². The van der Waals surface area contributed by atoms with Crippen LogP contribution in [0, 0.1) is 16.7 Å². The van der Waals surface area contributed by atoms with Crippen LogP contribution in [0.1, 0.15) is 78.7 Å². The van der Waals surface area contributed by atoms with Gasteiger partial charge in [0.2, 0.25) is 11.8 Å². The van der Waals surface area contributed by atoms with Gasteiger partial charge in [-0.25, -0.2) is 4.79 Å². The number of carbonyl (C=O) groups excluding carboxylic acids is 3. The molecule has 0 bridgehead atoms. The maximum atomic E-state index is 13.1. The number of nitrogens with zero attached hydrogens (tertiary/aromatic N) is 3. The molecule has 0 radical (unpaired) electrons. The summed E-state index contributed by atoms with van der Waals surface area (Å²) in [5, 5.41) is 3.15. The van der Waals surface area contributed by atoms with Crippen molar-refractivity contribution in [3.05, 3.63) is 35.9 Å². The van der Waals surface area contributed by atoms with Crippen molar-refractivity contribution in [1.29, 1.82) is 0 Å². The number of hydrogen-bond donors (Lipinski definition) is 1. The zero-order valence-corrected chi connectivity index (χ0v) is 25.0. The van der Waals surface area contributed by atoms with E-state index in [0.717, 1.165) is 32.1 Å². The predicted molar refractivity (Wildman–Crippen MR) is 155 cm³/mol. The standard InChI is InChI=1S/C31H52N4O3/c1-8-35(9-2)29(38)32-24-31(5)22-26(21-30(3,4)23-31)20-28(37)34(7)19-13-18-33(6)27(36)17-16-25-14-11-10-12-15-25/h10-12,14-15,26H,8-9,13,16-24H2,1-7H3,(H,32,38). The van der Waals surface area contributed by atoms with Crippen LogP contribution in [-0.2, 0) is 16.0 Å². The van der Waals surface area contributed by atoms with Gasteiger partial charge in [-0.15, -0.1) is 0 Å². The number of urea groups is 1. The number of amides is 4. The highest BCUT2D eigenvalue weighted by Crippen LogP contribution is 2.49. The van der Waals surface area contributed by atoms with E-state index < -0.39 is 0 Å². The summed E-state index contributed by atoms with van der Waals surface area (Å²) < 4.78 is 0. The molecule has 4 amide bonds. The molecule has 7 nitrogen and oxygen atoms in total. The number of hydrogen-bond acceptors (Lipinski definition) is 3. The average molecular weight is 529 g/mol. The van der Waals surface area contributed by atoms with Gasteiger partial charge in [0.05, 0.1) is 0 Å². The Labute approximate surface area is 231 Å². The van der Waals surface area contributed by atoms with Gasteiger partial charge >= 0.3 is 6.03 Å². The summed E-state index contributed by atoms with van der Waals surface area (Å²) in [6, 6.07) is 10.1. The van der Waals surface area contributed by atoms with Gasteiger partial charge < -0.3 is 20.0 Å². The molecule has 214 valence electrons. The Morgan fingerprint density at radius 2 is 1.53 bits per heavy atom. The summed E-state index contributed by atoms with van der Waals surface area (Å²) >= 11 is 0. The Bertz CT molecular complexity index is 900. The maximum Gasteiger partial charge on any atom is 0.317 e. The fourth-order valence-corrected chi connectivity index (χ4v) is 6.32. The second-order valence-electron chi connectivity index (χ2n) is 12.4. The normalized spacial score (nSPS) is 20.4. The Hall–Kier alpha value is -2.57. The summed E-state index contributed by atoms with van der Waals surface area (Å²) in [7, 11) is 3.72. The molecule has 1 fully saturated rings. The Morgan fingerprint density at radius 3 is 2.13 bits per heavy atom. The summed E-state index contributed by atoms with van der Waals surface area (Å²) in [5.41, 5.74) is 1.27. The first kappa shape index (κ1) is 31.6. The van der Waals surface area contributed by atoms with Gasteiger partial charge in [0.15, 0.2) is 0 Å². The van der Waals surface area contributed by atoms with Crippen molar-refractivity contribution in [1.82, 2.24) is 20.0 Å². The zero-order valence-electron chi connectivity index (χ0n) is 25.0. The molecule has 7 heteroatoms. The largest absolute Gasteiger partial charge is 0.346 e. The minimum absolute atomic E-state index is 0.00419. The molecule has 1 aliphatic rings. The van der Waals surface area contributed by atoms with Crippen LogP contribution in [0.5, 0.6) is 0 Å². The lowest BCUT2D eigenvalue weighted by molar-refractivity contribution is -0.132. The first-order chi connectivity index (χ1) is 17.9. The minimum Gasteiger partial charge on any atom is -0.346 e. The van der Waals surface area contributed by atoms with Crippen LogP contribution in [0.3, 0.4) is 0 Å². The smallest absolute Gasteiger partial charge is 0.317 e. The molecule has 0 aliphatic heterocycles. The number of benzene rings is 1. The molecule has 0 heterocycles. The molecule has 38 heavy (non-hydrogen) atoms. The number of carbonyl (C=O) groups is 3. The summed E-state index contributed by atoms with van der Waals surface area (Å²) in [4.78, 5) is 43.5. The van der Waals surface area contributed by atoms with Gasteiger partial charge in [0.25, 0.3) is 0 Å². The van der Waals surface area contributed by atoms with E-state index in [4.69, 9.17) is 0 Å². The van der Waals surface area contributed by atoms with Crippen LogP contribution in [0.4, 0.5) is 4.79 Å². The fourth-order valence-electron chi connectivity index (χ4n) is 6.32. The third kappa shape index (κ3) is 10.3. The van der Waals surface area contributed by atoms with Crippen molar-refractivity contribution < 1.29 is 14.4 Å². The van der Waals surface area contributed by atoms with Crippen LogP contribution in [0.25, 0.3) is 0 Å². The van der Waals surface area contributed by atoms with E-state index in [1.54, 1.807) is 4.90 Å². The van der Waals surface area contributed by atoms with Gasteiger partial charge in [-0.05, 0) is 68.3 Å². The van der Waals surface area contributed by atoms with E-state index in [-0.39, 0.29) is 28.7 Å². The van der Waals surface area contributed by atoms with Gasteiger partial charge in [-0.2, -0.15) is 0 Å². The second kappa shape index (κ2) is 14.5. The molecule has 1 saturated carbocycles. The highest BCUT2D eigenvalue weighted by molar-refractivity contribution is 5.77. The SMILES string of the molecule is CCN(CC)C(=O)NCC1(C)CC(CC(=O)N(C)CCCN(C)C(=O)CCc2ccccc2)CC(C)(C)C1. The van der Waals surface area contributed by atoms with Gasteiger partial charge in [0.1, 0.15) is 0 Å². The molecule has 2 rings (SSSR count). The molecule has 0 spiro atoms. The van der Waals surface area contributed by atoms with Crippen molar-refractivity contribution in [2.75, 3.05) is 46.8 Å². The Morgan fingerprint density at radius 1 is 0.921 bits per heavy atom. The fraction of sp³-hybridized carbons (Fsp3) is 0.710. The highest BCUT2D eigenvalue weighted by Gasteiger charge is 2.42. The Kier molecular flexibility index (Phi) is 12.1. The Balaban J connectivity index is 1.79. The predicted octanol–water partition coefficient (Wildman–Crippen LogP) is 5.20. The molecule has 1 N–H and O–H groups in total. The number of aryl methyl sites for hydroxylation is 1. The number of nitrogens with one attached hydrogen (secondary N) is 1. The lowest BCUT2D eigenvalue weighted by atomic mass is 9.60. The van der Waals surface area contributed by atoms with Crippen molar-refractivity contribution in [3.8, 4) is 0 Å². The lowest BCUT2D eigenvalue weighted by Crippen LogP contribution is -2.48. The lowest BCUT2D eigenvalue weighted by Gasteiger charge is -2.47. The first-order valence-corrected chi connectivity index (χ1v) is 14.4. The van der Waals surface area contributed by atoms with E-state index >= 15 is 0 Å². The molecular weight excluding hydrogens is 476 g/mol. The average Bonchev–Trinajstić information content (AvgIpc) is 2.86.